The van der Waals surface area contributed by atoms with Gasteiger partial charge in [0, 0.05) is 12.3 Å². The lowest BCUT2D eigenvalue weighted by molar-refractivity contribution is -0.117. The summed E-state index contributed by atoms with van der Waals surface area (Å²) in [5.41, 5.74) is 6.20. The van der Waals surface area contributed by atoms with Crippen LogP contribution in [-0.2, 0) is 9.53 Å². The zero-order valence-electron chi connectivity index (χ0n) is 11.5. The van der Waals surface area contributed by atoms with Gasteiger partial charge in [-0.3, -0.25) is 4.79 Å². The molecule has 1 fully saturated rings. The summed E-state index contributed by atoms with van der Waals surface area (Å²) in [7, 11) is 0. The van der Waals surface area contributed by atoms with Crippen molar-refractivity contribution in [3.05, 3.63) is 24.3 Å². The van der Waals surface area contributed by atoms with Crippen LogP contribution < -0.4 is 15.8 Å². The van der Waals surface area contributed by atoms with Gasteiger partial charge in [0.15, 0.2) is 0 Å². The molecule has 112 valence electrons. The SMILES string of the molecule is C[C@H](N)C(=O)Nc1ccc(OCC2CCCO2)cc1.Cl. The van der Waals surface area contributed by atoms with E-state index in [4.69, 9.17) is 15.2 Å². The fraction of sp³-hybridized carbons (Fsp3) is 0.500. The molecule has 1 unspecified atom stereocenters. The smallest absolute Gasteiger partial charge is 0.240 e. The molecular weight excluding hydrogens is 280 g/mol. The second kappa shape index (κ2) is 8.09. The zero-order valence-corrected chi connectivity index (χ0v) is 12.3. The second-order valence-corrected chi connectivity index (χ2v) is 4.75. The zero-order chi connectivity index (χ0) is 13.7. The van der Waals surface area contributed by atoms with Crippen LogP contribution in [0.1, 0.15) is 19.8 Å². The standard InChI is InChI=1S/C14H20N2O3.ClH/c1-10(15)14(17)16-11-4-6-12(7-5-11)19-9-13-3-2-8-18-13;/h4-7,10,13H,2-3,8-9,15H2,1H3,(H,16,17);1H/t10-,13?;/m0./s1. The molecule has 1 amide bonds. The van der Waals surface area contributed by atoms with Gasteiger partial charge in [-0.15, -0.1) is 12.4 Å². The maximum Gasteiger partial charge on any atom is 0.240 e. The topological polar surface area (TPSA) is 73.6 Å². The Kier molecular flexibility index (Phi) is 6.78. The highest BCUT2D eigenvalue weighted by molar-refractivity contribution is 5.94. The van der Waals surface area contributed by atoms with Crippen LogP contribution in [0.15, 0.2) is 24.3 Å². The van der Waals surface area contributed by atoms with Crippen LogP contribution in [0.4, 0.5) is 5.69 Å². The Balaban J connectivity index is 0.00000200. The van der Waals surface area contributed by atoms with Crippen molar-refractivity contribution in [2.45, 2.75) is 31.9 Å². The predicted molar refractivity (Wildman–Crippen MR) is 80.4 cm³/mol. The minimum absolute atomic E-state index is 0. The Morgan fingerprint density at radius 2 is 2.20 bits per heavy atom. The van der Waals surface area contributed by atoms with Gasteiger partial charge >= 0.3 is 0 Å². The average Bonchev–Trinajstić information content (AvgIpc) is 2.91. The molecule has 0 spiro atoms. The molecule has 5 nitrogen and oxygen atoms in total. The van der Waals surface area contributed by atoms with Crippen molar-refractivity contribution in [1.29, 1.82) is 0 Å². The minimum atomic E-state index is -0.518. The van der Waals surface area contributed by atoms with Crippen LogP contribution in [0.25, 0.3) is 0 Å². The van der Waals surface area contributed by atoms with Crippen molar-refractivity contribution in [2.75, 3.05) is 18.5 Å². The van der Waals surface area contributed by atoms with Crippen molar-refractivity contribution in [3.63, 3.8) is 0 Å². The number of amides is 1. The second-order valence-electron chi connectivity index (χ2n) is 4.75. The van der Waals surface area contributed by atoms with Gasteiger partial charge in [-0.1, -0.05) is 0 Å². The van der Waals surface area contributed by atoms with Crippen molar-refractivity contribution < 1.29 is 14.3 Å². The first-order chi connectivity index (χ1) is 9.15. The number of rotatable bonds is 5. The first-order valence-corrected chi connectivity index (χ1v) is 6.56. The number of carbonyl (C=O) groups excluding carboxylic acids is 1. The number of nitrogens with one attached hydrogen (secondary N) is 1. The summed E-state index contributed by atoms with van der Waals surface area (Å²) in [6.07, 6.45) is 2.37. The lowest BCUT2D eigenvalue weighted by Gasteiger charge is -2.12. The number of nitrogens with two attached hydrogens (primary N) is 1. The third kappa shape index (κ3) is 5.00. The predicted octanol–water partition coefficient (Wildman–Crippen LogP) is 1.95. The van der Waals surface area contributed by atoms with Gasteiger partial charge in [0.25, 0.3) is 0 Å². The molecule has 0 saturated carbocycles. The third-order valence-electron chi connectivity index (χ3n) is 3.00. The molecule has 20 heavy (non-hydrogen) atoms. The van der Waals surface area contributed by atoms with Gasteiger partial charge in [0.05, 0.1) is 12.1 Å². The summed E-state index contributed by atoms with van der Waals surface area (Å²) in [6.45, 7) is 3.05. The molecule has 1 aromatic rings. The number of hydrogen-bond donors (Lipinski definition) is 2. The van der Waals surface area contributed by atoms with E-state index in [0.717, 1.165) is 25.2 Å². The van der Waals surface area contributed by atoms with Crippen LogP contribution in [0.3, 0.4) is 0 Å². The van der Waals surface area contributed by atoms with Gasteiger partial charge in [0.2, 0.25) is 5.91 Å². The Morgan fingerprint density at radius 1 is 1.50 bits per heavy atom. The molecule has 1 aromatic carbocycles. The van der Waals surface area contributed by atoms with E-state index in [9.17, 15) is 4.79 Å². The molecule has 2 atom stereocenters. The number of halogens is 1. The quantitative estimate of drug-likeness (QED) is 0.872. The minimum Gasteiger partial charge on any atom is -0.491 e. The molecule has 0 bridgehead atoms. The molecule has 2 rings (SSSR count). The van der Waals surface area contributed by atoms with Crippen LogP contribution in [-0.4, -0.2) is 31.3 Å². The maximum absolute atomic E-state index is 11.4. The number of anilines is 1. The van der Waals surface area contributed by atoms with Gasteiger partial charge in [-0.2, -0.15) is 0 Å². The van der Waals surface area contributed by atoms with Gasteiger partial charge in [-0.05, 0) is 44.0 Å². The fourth-order valence-corrected chi connectivity index (χ4v) is 1.86. The molecule has 6 heteroatoms. The van der Waals surface area contributed by atoms with Crippen molar-refractivity contribution >= 4 is 24.0 Å². The molecule has 0 radical (unpaired) electrons. The van der Waals surface area contributed by atoms with Crippen LogP contribution >= 0.6 is 12.4 Å². The Morgan fingerprint density at radius 3 is 2.75 bits per heavy atom. The monoisotopic (exact) mass is 300 g/mol. The van der Waals surface area contributed by atoms with E-state index in [1.807, 2.05) is 12.1 Å². The van der Waals surface area contributed by atoms with E-state index < -0.39 is 6.04 Å². The summed E-state index contributed by atoms with van der Waals surface area (Å²) in [4.78, 5) is 11.4. The molecule has 0 aliphatic carbocycles. The summed E-state index contributed by atoms with van der Waals surface area (Å²) >= 11 is 0. The number of carbonyl (C=O) groups is 1. The third-order valence-corrected chi connectivity index (χ3v) is 3.00. The Hall–Kier alpha value is -1.30. The average molecular weight is 301 g/mol. The summed E-state index contributed by atoms with van der Waals surface area (Å²) in [5, 5.41) is 2.72. The van der Waals surface area contributed by atoms with Crippen LogP contribution in [0, 0.1) is 0 Å². The van der Waals surface area contributed by atoms with Crippen LogP contribution in [0.2, 0.25) is 0 Å². The Labute approximate surface area is 125 Å². The summed E-state index contributed by atoms with van der Waals surface area (Å²) in [6, 6.07) is 6.73. The van der Waals surface area contributed by atoms with E-state index in [2.05, 4.69) is 5.32 Å². The Bertz CT molecular complexity index is 417. The van der Waals surface area contributed by atoms with E-state index >= 15 is 0 Å². The molecule has 3 N–H and O–H groups in total. The molecule has 1 saturated heterocycles. The van der Waals surface area contributed by atoms with Crippen molar-refractivity contribution in [3.8, 4) is 5.75 Å². The lowest BCUT2D eigenvalue weighted by atomic mass is 10.2. The molecule has 0 aromatic heterocycles. The van der Waals surface area contributed by atoms with Gasteiger partial charge in [0.1, 0.15) is 12.4 Å². The first-order valence-electron chi connectivity index (χ1n) is 6.56. The number of benzene rings is 1. The highest BCUT2D eigenvalue weighted by atomic mass is 35.5. The van der Waals surface area contributed by atoms with Gasteiger partial charge < -0.3 is 20.5 Å². The lowest BCUT2D eigenvalue weighted by Crippen LogP contribution is -2.32. The van der Waals surface area contributed by atoms with E-state index in [0.29, 0.717) is 12.3 Å². The first kappa shape index (κ1) is 16.8. The molecule has 1 heterocycles. The summed E-state index contributed by atoms with van der Waals surface area (Å²) in [5.74, 6) is 0.572. The largest absolute Gasteiger partial charge is 0.491 e. The van der Waals surface area contributed by atoms with Gasteiger partial charge in [-0.25, -0.2) is 0 Å². The maximum atomic E-state index is 11.4. The fourth-order valence-electron chi connectivity index (χ4n) is 1.86. The normalized spacial score (nSPS) is 19.0. The molecule has 1 aliphatic heterocycles. The van der Waals surface area contributed by atoms with E-state index in [1.165, 1.54) is 0 Å². The van der Waals surface area contributed by atoms with Crippen LogP contribution in [0.5, 0.6) is 5.75 Å². The highest BCUT2D eigenvalue weighted by Crippen LogP contribution is 2.18. The van der Waals surface area contributed by atoms with E-state index in [1.54, 1.807) is 19.1 Å². The molecule has 1 aliphatic rings. The molecular formula is C14H21ClN2O3. The highest BCUT2D eigenvalue weighted by Gasteiger charge is 2.15. The number of hydrogen-bond acceptors (Lipinski definition) is 4. The summed E-state index contributed by atoms with van der Waals surface area (Å²) < 4.78 is 11.1. The van der Waals surface area contributed by atoms with Crippen molar-refractivity contribution in [2.24, 2.45) is 5.73 Å². The van der Waals surface area contributed by atoms with Crippen molar-refractivity contribution in [1.82, 2.24) is 0 Å². The number of ether oxygens (including phenoxy) is 2. The van der Waals surface area contributed by atoms with E-state index in [-0.39, 0.29) is 24.4 Å².